The molecule has 58 heavy (non-hydrogen) atoms. The van der Waals surface area contributed by atoms with E-state index in [-0.39, 0.29) is 36.5 Å². The minimum atomic E-state index is -0.836. The summed E-state index contributed by atoms with van der Waals surface area (Å²) in [6.07, 6.45) is 6.99. The van der Waals surface area contributed by atoms with E-state index in [0.717, 1.165) is 83.2 Å². The fourth-order valence-corrected chi connectivity index (χ4v) is 10.1. The number of carbonyl (C=O) groups excluding carboxylic acids is 2. The molecule has 3 aromatic carbocycles. The van der Waals surface area contributed by atoms with Gasteiger partial charge in [0, 0.05) is 43.8 Å². The van der Waals surface area contributed by atoms with E-state index in [1.165, 1.54) is 32.5 Å². The highest BCUT2D eigenvalue weighted by Gasteiger charge is 2.50. The molecular formula is C45H57Cl2N3O8. The fourth-order valence-electron chi connectivity index (χ4n) is 9.79. The van der Waals surface area contributed by atoms with Gasteiger partial charge in [0.1, 0.15) is 12.2 Å². The average molecular weight is 839 g/mol. The van der Waals surface area contributed by atoms with Gasteiger partial charge < -0.3 is 43.5 Å². The third-order valence-electron chi connectivity index (χ3n) is 13.1. The largest absolute Gasteiger partial charge is 0.493 e. The standard InChI is InChI=1S/C45H57Cl2N3O8/c1-54-38-25-33(26-39(55-2)42(38)56-3)43(53)50-22-24-58-45(30-50,34-10-11-36(46)37(47)28-34)16-21-48-19-14-44(15-20-48)35-9-5-4-8-32(35)27-40(44)57-29-41(52)49-17-12-31(13-18-49)7-6-23-51/h4-5,8-11,25-26,28,31,40,51H,6-7,12-24,27,29-30H2,1-3H3/t40-,45-/m0/s1. The van der Waals surface area contributed by atoms with Crippen LogP contribution in [0.2, 0.25) is 10.0 Å². The summed E-state index contributed by atoms with van der Waals surface area (Å²) < 4.78 is 30.0. The molecule has 1 spiro atoms. The number of aliphatic hydroxyl groups excluding tert-OH is 1. The second-order valence-electron chi connectivity index (χ2n) is 16.2. The molecule has 13 heteroatoms. The summed E-state index contributed by atoms with van der Waals surface area (Å²) in [5.41, 5.74) is 2.95. The summed E-state index contributed by atoms with van der Waals surface area (Å²) >= 11 is 13.0. The van der Waals surface area contributed by atoms with Crippen molar-refractivity contribution in [3.05, 3.63) is 86.9 Å². The highest BCUT2D eigenvalue weighted by Crippen LogP contribution is 2.48. The predicted molar refractivity (Wildman–Crippen MR) is 224 cm³/mol. The van der Waals surface area contributed by atoms with Crippen molar-refractivity contribution in [3.63, 3.8) is 0 Å². The van der Waals surface area contributed by atoms with E-state index in [1.807, 2.05) is 21.9 Å². The number of carbonyl (C=O) groups is 2. The molecule has 1 aliphatic carbocycles. The van der Waals surface area contributed by atoms with Crippen LogP contribution < -0.4 is 14.2 Å². The predicted octanol–water partition coefficient (Wildman–Crippen LogP) is 6.76. The van der Waals surface area contributed by atoms with Crippen LogP contribution in [-0.4, -0.2) is 125 Å². The molecule has 2 amide bonds. The van der Waals surface area contributed by atoms with Crippen molar-refractivity contribution in [2.75, 3.05) is 87.0 Å². The molecule has 3 aliphatic heterocycles. The summed E-state index contributed by atoms with van der Waals surface area (Å²) in [5.74, 6) is 1.72. The summed E-state index contributed by atoms with van der Waals surface area (Å²) in [7, 11) is 4.60. The van der Waals surface area contributed by atoms with Gasteiger partial charge in [-0.25, -0.2) is 0 Å². The normalized spacial score (nSPS) is 22.2. The number of nitrogens with zero attached hydrogens (tertiary/aromatic N) is 3. The SMILES string of the molecule is COc1cc(C(=O)N2CCO[C@](CCN3CCC4(CC3)c3ccccc3C[C@@H]4OCC(=O)N3CCC(CCCO)CC3)(c3ccc(Cl)c(Cl)c3)C2)cc(OC)c1OC. The van der Waals surface area contributed by atoms with Crippen LogP contribution in [0.3, 0.4) is 0 Å². The first-order valence-corrected chi connectivity index (χ1v) is 21.4. The van der Waals surface area contributed by atoms with Gasteiger partial charge in [0.15, 0.2) is 11.5 Å². The van der Waals surface area contributed by atoms with Crippen LogP contribution in [0.4, 0.5) is 0 Å². The topological polar surface area (TPSA) is 110 Å². The van der Waals surface area contributed by atoms with Gasteiger partial charge >= 0.3 is 0 Å². The maximum absolute atomic E-state index is 14.2. The molecule has 4 aliphatic rings. The number of aliphatic hydroxyl groups is 1. The Kier molecular flexibility index (Phi) is 13.8. The molecule has 1 N–H and O–H groups in total. The van der Waals surface area contributed by atoms with Crippen LogP contribution in [0, 0.1) is 5.92 Å². The minimum Gasteiger partial charge on any atom is -0.493 e. The number of likely N-dealkylation sites (tertiary alicyclic amines) is 2. The Balaban J connectivity index is 1.04. The van der Waals surface area contributed by atoms with Gasteiger partial charge in [0.25, 0.3) is 5.91 Å². The third kappa shape index (κ3) is 8.81. The van der Waals surface area contributed by atoms with Crippen LogP contribution in [-0.2, 0) is 31.7 Å². The quantitative estimate of drug-likeness (QED) is 0.188. The maximum Gasteiger partial charge on any atom is 0.254 e. The highest BCUT2D eigenvalue weighted by atomic mass is 35.5. The monoisotopic (exact) mass is 837 g/mol. The minimum absolute atomic E-state index is 0.0713. The van der Waals surface area contributed by atoms with E-state index in [9.17, 15) is 14.7 Å². The third-order valence-corrected chi connectivity index (χ3v) is 13.9. The number of benzene rings is 3. The maximum atomic E-state index is 14.2. The first-order chi connectivity index (χ1) is 28.1. The van der Waals surface area contributed by atoms with Crippen molar-refractivity contribution in [2.24, 2.45) is 5.92 Å². The van der Waals surface area contributed by atoms with Gasteiger partial charge in [0.2, 0.25) is 11.7 Å². The Hall–Kier alpha value is -3.58. The zero-order valence-corrected chi connectivity index (χ0v) is 35.5. The van der Waals surface area contributed by atoms with Gasteiger partial charge in [-0.2, -0.15) is 0 Å². The number of piperidine rings is 2. The molecule has 314 valence electrons. The van der Waals surface area contributed by atoms with E-state index >= 15 is 0 Å². The second-order valence-corrected chi connectivity index (χ2v) is 17.0. The lowest BCUT2D eigenvalue weighted by Crippen LogP contribution is -2.54. The van der Waals surface area contributed by atoms with E-state index in [1.54, 1.807) is 18.2 Å². The first-order valence-electron chi connectivity index (χ1n) is 20.6. The van der Waals surface area contributed by atoms with Crippen molar-refractivity contribution < 1.29 is 38.4 Å². The van der Waals surface area contributed by atoms with Crippen molar-refractivity contribution in [2.45, 2.75) is 68.5 Å². The van der Waals surface area contributed by atoms with Crippen LogP contribution in [0.5, 0.6) is 17.2 Å². The van der Waals surface area contributed by atoms with Gasteiger partial charge in [0.05, 0.1) is 50.6 Å². The zero-order valence-electron chi connectivity index (χ0n) is 34.0. The molecule has 0 unspecified atom stereocenters. The van der Waals surface area contributed by atoms with E-state index in [0.29, 0.717) is 64.9 Å². The van der Waals surface area contributed by atoms with E-state index in [2.05, 4.69) is 29.2 Å². The lowest BCUT2D eigenvalue weighted by Gasteiger charge is -2.46. The summed E-state index contributed by atoms with van der Waals surface area (Å²) in [4.78, 5) is 33.9. The van der Waals surface area contributed by atoms with Gasteiger partial charge in [-0.1, -0.05) is 53.5 Å². The molecule has 2 atom stereocenters. The number of fused-ring (bicyclic) bond motifs is 2. The molecule has 3 saturated heterocycles. The van der Waals surface area contributed by atoms with E-state index < -0.39 is 5.60 Å². The van der Waals surface area contributed by atoms with Gasteiger partial charge in [-0.15, -0.1) is 0 Å². The molecule has 0 radical (unpaired) electrons. The number of hydrogen-bond donors (Lipinski definition) is 1. The summed E-state index contributed by atoms with van der Waals surface area (Å²) in [6.45, 7) is 5.36. The molecule has 11 nitrogen and oxygen atoms in total. The van der Waals surface area contributed by atoms with Crippen molar-refractivity contribution in [1.82, 2.24) is 14.7 Å². The summed E-state index contributed by atoms with van der Waals surface area (Å²) in [5, 5.41) is 10.1. The molecule has 0 bridgehead atoms. The van der Waals surface area contributed by atoms with Crippen molar-refractivity contribution >= 4 is 35.0 Å². The Bertz CT molecular complexity index is 1890. The Morgan fingerprint density at radius 2 is 1.60 bits per heavy atom. The first kappa shape index (κ1) is 42.5. The van der Waals surface area contributed by atoms with Crippen LogP contribution >= 0.6 is 23.2 Å². The second kappa shape index (κ2) is 18.8. The highest BCUT2D eigenvalue weighted by molar-refractivity contribution is 6.42. The molecule has 0 saturated carbocycles. The Morgan fingerprint density at radius 1 is 0.879 bits per heavy atom. The van der Waals surface area contributed by atoms with Crippen LogP contribution in [0.1, 0.15) is 72.0 Å². The Morgan fingerprint density at radius 3 is 2.28 bits per heavy atom. The van der Waals surface area contributed by atoms with Crippen molar-refractivity contribution in [3.8, 4) is 17.2 Å². The fraction of sp³-hybridized carbons (Fsp3) is 0.556. The number of methoxy groups -OCH3 is 3. The molecular weight excluding hydrogens is 781 g/mol. The van der Waals surface area contributed by atoms with Gasteiger partial charge in [-0.05, 0) is 111 Å². The van der Waals surface area contributed by atoms with Gasteiger partial charge in [-0.3, -0.25) is 9.59 Å². The molecule has 3 aromatic rings. The molecule has 0 aromatic heterocycles. The number of ether oxygens (including phenoxy) is 5. The van der Waals surface area contributed by atoms with E-state index in [4.69, 9.17) is 46.9 Å². The Labute approximate surface area is 352 Å². The number of hydrogen-bond acceptors (Lipinski definition) is 9. The molecule has 7 rings (SSSR count). The van der Waals surface area contributed by atoms with Crippen LogP contribution in [0.25, 0.3) is 0 Å². The lowest BCUT2D eigenvalue weighted by atomic mass is 9.72. The average Bonchev–Trinajstić information content (AvgIpc) is 3.56. The smallest absolute Gasteiger partial charge is 0.254 e. The molecule has 3 heterocycles. The zero-order chi connectivity index (χ0) is 40.9. The molecule has 3 fully saturated rings. The number of rotatable bonds is 14. The lowest BCUT2D eigenvalue weighted by molar-refractivity contribution is -0.141. The number of morpholine rings is 1. The number of amides is 2. The number of halogens is 2. The van der Waals surface area contributed by atoms with Crippen molar-refractivity contribution in [1.29, 1.82) is 0 Å². The van der Waals surface area contributed by atoms with Crippen LogP contribution in [0.15, 0.2) is 54.6 Å². The summed E-state index contributed by atoms with van der Waals surface area (Å²) in [6, 6.07) is 17.6.